The Labute approximate surface area is 206 Å². The number of carbonyl (C=O) groups excluding carboxylic acids is 1. The lowest BCUT2D eigenvalue weighted by atomic mass is 9.96. The number of para-hydroxylation sites is 1. The highest BCUT2D eigenvalue weighted by atomic mass is 31.2. The van der Waals surface area contributed by atoms with Gasteiger partial charge >= 0.3 is 13.7 Å². The number of aliphatic hydroxyl groups excluding tert-OH is 1. The number of benzene rings is 1. The molecule has 3 heterocycles. The van der Waals surface area contributed by atoms with Gasteiger partial charge in [-0.05, 0) is 32.0 Å². The van der Waals surface area contributed by atoms with Crippen LogP contribution in [0.15, 0.2) is 48.9 Å². The van der Waals surface area contributed by atoms with Gasteiger partial charge in [0.15, 0.2) is 6.23 Å². The summed E-state index contributed by atoms with van der Waals surface area (Å²) in [6.45, 7) is 2.38. The number of ether oxygens (including phenoxy) is 2. The van der Waals surface area contributed by atoms with Gasteiger partial charge in [-0.25, -0.2) is 14.5 Å². The van der Waals surface area contributed by atoms with E-state index >= 15 is 0 Å². The van der Waals surface area contributed by atoms with Crippen molar-refractivity contribution in [2.24, 2.45) is 0 Å². The molecule has 1 aliphatic heterocycles. The van der Waals surface area contributed by atoms with Crippen molar-refractivity contribution in [3.63, 3.8) is 0 Å². The number of aromatic nitrogens is 3. The Morgan fingerprint density at radius 2 is 2.06 bits per heavy atom. The van der Waals surface area contributed by atoms with E-state index < -0.39 is 50.4 Å². The van der Waals surface area contributed by atoms with Crippen LogP contribution in [0.1, 0.15) is 20.1 Å². The molecule has 3 aromatic rings. The first-order valence-electron chi connectivity index (χ1n) is 11.0. The van der Waals surface area contributed by atoms with Crippen LogP contribution in [0.3, 0.4) is 0 Å². The molecule has 1 aromatic carbocycles. The molecular formula is C22H28N5O8P. The van der Waals surface area contributed by atoms with E-state index in [1.165, 1.54) is 31.9 Å². The van der Waals surface area contributed by atoms with Crippen LogP contribution in [-0.4, -0.2) is 68.3 Å². The number of hydrogen-bond donors (Lipinski definition) is 4. The summed E-state index contributed by atoms with van der Waals surface area (Å²) in [5, 5.41) is 25.0. The monoisotopic (exact) mass is 521 g/mol. The molecule has 5 N–H and O–H groups in total. The quantitative estimate of drug-likeness (QED) is 0.235. The van der Waals surface area contributed by atoms with Gasteiger partial charge in [0.2, 0.25) is 0 Å². The number of nitrogens with zero attached hydrogens (tertiary/aromatic N) is 3. The average Bonchev–Trinajstić information content (AvgIpc) is 3.37. The fourth-order valence-electron chi connectivity index (χ4n) is 3.91. The van der Waals surface area contributed by atoms with Crippen molar-refractivity contribution >= 4 is 30.6 Å². The van der Waals surface area contributed by atoms with Gasteiger partial charge in [0, 0.05) is 6.20 Å². The number of carbonyl (C=O) groups is 1. The predicted molar refractivity (Wildman–Crippen MR) is 128 cm³/mol. The lowest BCUT2D eigenvalue weighted by Gasteiger charge is -2.27. The number of nitrogens with two attached hydrogens (primary N) is 1. The third kappa shape index (κ3) is 5.07. The summed E-state index contributed by atoms with van der Waals surface area (Å²) in [5.41, 5.74) is 4.51. The largest absolute Gasteiger partial charge is 0.468 e. The molecule has 194 valence electrons. The van der Waals surface area contributed by atoms with Crippen molar-refractivity contribution in [2.75, 3.05) is 19.5 Å². The fraction of sp³-hybridized carbons (Fsp3) is 0.409. The summed E-state index contributed by atoms with van der Waals surface area (Å²) < 4.78 is 36.8. The second-order valence-electron chi connectivity index (χ2n) is 8.49. The summed E-state index contributed by atoms with van der Waals surface area (Å²) in [5.74, 6) is -0.211. The van der Waals surface area contributed by atoms with Crippen LogP contribution < -0.4 is 15.3 Å². The third-order valence-corrected chi connectivity index (χ3v) is 7.48. The van der Waals surface area contributed by atoms with E-state index in [1.807, 2.05) is 0 Å². The molecule has 1 unspecified atom stereocenters. The molecular weight excluding hydrogens is 493 g/mol. The Balaban J connectivity index is 1.55. The van der Waals surface area contributed by atoms with Crippen LogP contribution in [0.4, 0.5) is 5.82 Å². The minimum absolute atomic E-state index is 0.222. The van der Waals surface area contributed by atoms with Gasteiger partial charge < -0.3 is 34.5 Å². The summed E-state index contributed by atoms with van der Waals surface area (Å²) in [7, 11) is -2.98. The first kappa shape index (κ1) is 26.0. The number of methoxy groups -OCH3 is 1. The molecule has 1 fully saturated rings. The van der Waals surface area contributed by atoms with Crippen molar-refractivity contribution in [1.82, 2.24) is 19.6 Å². The smallest absolute Gasteiger partial charge is 0.459 e. The molecule has 0 bridgehead atoms. The highest BCUT2D eigenvalue weighted by Crippen LogP contribution is 2.47. The standard InChI is InChI=1S/C22H28N5O8P/c1-13(20(29)32-3)26-36(31,35-14-7-5-4-6-8-14)33-11-16-17(28)22(2,30)21(34-16)27-10-9-15-18(23)24-12-25-19(15)27/h4-10,12-13,16-17,21,28,30H,11H2,1-3H3,(H,26,31)(H2,23,24,25)/t13-,16-,17-,21-,22-,36?/m1/s1. The zero-order valence-corrected chi connectivity index (χ0v) is 20.7. The lowest BCUT2D eigenvalue weighted by Crippen LogP contribution is -2.44. The number of anilines is 1. The van der Waals surface area contributed by atoms with Gasteiger partial charge in [-0.1, -0.05) is 18.2 Å². The maximum absolute atomic E-state index is 13.6. The molecule has 13 nitrogen and oxygen atoms in total. The number of nitrogen functional groups attached to an aromatic ring is 1. The van der Waals surface area contributed by atoms with E-state index in [0.717, 1.165) is 0 Å². The van der Waals surface area contributed by atoms with Gasteiger partial charge in [0.1, 0.15) is 47.4 Å². The van der Waals surface area contributed by atoms with E-state index in [2.05, 4.69) is 19.8 Å². The molecule has 4 rings (SSSR count). The lowest BCUT2D eigenvalue weighted by molar-refractivity contribution is -0.142. The van der Waals surface area contributed by atoms with Gasteiger partial charge in [0.05, 0.1) is 19.1 Å². The number of rotatable bonds is 9. The number of aliphatic hydroxyl groups is 2. The Morgan fingerprint density at radius 1 is 1.33 bits per heavy atom. The number of nitrogens with one attached hydrogen (secondary N) is 1. The first-order valence-corrected chi connectivity index (χ1v) is 12.6. The summed E-state index contributed by atoms with van der Waals surface area (Å²) in [4.78, 5) is 20.1. The highest BCUT2D eigenvalue weighted by molar-refractivity contribution is 7.52. The van der Waals surface area contributed by atoms with Gasteiger partial charge in [0.25, 0.3) is 0 Å². The van der Waals surface area contributed by atoms with Crippen LogP contribution in [0.25, 0.3) is 11.0 Å². The Kier molecular flexibility index (Phi) is 7.32. The van der Waals surface area contributed by atoms with Crippen LogP contribution in [-0.2, 0) is 23.4 Å². The molecule has 0 spiro atoms. The van der Waals surface area contributed by atoms with E-state index in [1.54, 1.807) is 42.6 Å². The number of hydrogen-bond acceptors (Lipinski definition) is 11. The number of esters is 1. The average molecular weight is 521 g/mol. The van der Waals surface area contributed by atoms with Crippen LogP contribution >= 0.6 is 7.75 Å². The van der Waals surface area contributed by atoms with E-state index in [0.29, 0.717) is 11.0 Å². The maximum Gasteiger partial charge on any atom is 0.459 e. The molecule has 0 aliphatic carbocycles. The molecule has 0 saturated carbocycles. The molecule has 14 heteroatoms. The minimum Gasteiger partial charge on any atom is -0.468 e. The van der Waals surface area contributed by atoms with Gasteiger partial charge in [-0.3, -0.25) is 9.32 Å². The minimum atomic E-state index is -4.18. The van der Waals surface area contributed by atoms with E-state index in [-0.39, 0.29) is 11.6 Å². The van der Waals surface area contributed by atoms with Crippen molar-refractivity contribution in [2.45, 2.75) is 43.9 Å². The summed E-state index contributed by atoms with van der Waals surface area (Å²) in [6, 6.07) is 8.85. The summed E-state index contributed by atoms with van der Waals surface area (Å²) >= 11 is 0. The summed E-state index contributed by atoms with van der Waals surface area (Å²) in [6.07, 6.45) is -0.759. The zero-order chi connectivity index (χ0) is 26.1. The molecule has 36 heavy (non-hydrogen) atoms. The highest BCUT2D eigenvalue weighted by Gasteiger charge is 2.54. The Hall–Kier alpha value is -3.06. The molecule has 0 radical (unpaired) electrons. The van der Waals surface area contributed by atoms with Crippen molar-refractivity contribution in [3.05, 3.63) is 48.9 Å². The van der Waals surface area contributed by atoms with Crippen molar-refractivity contribution < 1.29 is 38.1 Å². The molecule has 1 saturated heterocycles. The first-order chi connectivity index (χ1) is 17.1. The van der Waals surface area contributed by atoms with E-state index in [4.69, 9.17) is 19.5 Å². The molecule has 2 aromatic heterocycles. The van der Waals surface area contributed by atoms with Crippen molar-refractivity contribution in [1.29, 1.82) is 0 Å². The van der Waals surface area contributed by atoms with Crippen LogP contribution in [0.5, 0.6) is 5.75 Å². The fourth-order valence-corrected chi connectivity index (χ4v) is 5.41. The Bertz CT molecular complexity index is 1270. The van der Waals surface area contributed by atoms with Gasteiger partial charge in [-0.2, -0.15) is 5.09 Å². The molecule has 1 aliphatic rings. The second-order valence-corrected chi connectivity index (χ2v) is 10.2. The Morgan fingerprint density at radius 3 is 2.75 bits per heavy atom. The van der Waals surface area contributed by atoms with E-state index in [9.17, 15) is 19.6 Å². The SMILES string of the molecule is COC(=O)[C@@H](C)NP(=O)(OC[C@H]1O[C@@H](n2ccc3c(N)ncnc32)[C@](C)(O)[C@@H]1O)Oc1ccccc1. The predicted octanol–water partition coefficient (Wildman–Crippen LogP) is 1.38. The molecule has 0 amide bonds. The maximum atomic E-state index is 13.6. The molecule has 6 atom stereocenters. The zero-order valence-electron chi connectivity index (χ0n) is 19.8. The van der Waals surface area contributed by atoms with Gasteiger partial charge in [-0.15, -0.1) is 0 Å². The number of fused-ring (bicyclic) bond motifs is 1. The topological polar surface area (TPSA) is 180 Å². The normalized spacial score (nSPS) is 26.4. The van der Waals surface area contributed by atoms with Crippen LogP contribution in [0.2, 0.25) is 0 Å². The van der Waals surface area contributed by atoms with Crippen LogP contribution in [0, 0.1) is 0 Å². The third-order valence-electron chi connectivity index (χ3n) is 5.83. The second kappa shape index (κ2) is 10.1. The van der Waals surface area contributed by atoms with Crippen molar-refractivity contribution in [3.8, 4) is 5.75 Å².